The van der Waals surface area contributed by atoms with Crippen molar-refractivity contribution in [2.45, 2.75) is 160 Å². The molecule has 644 valence electrons. The first-order chi connectivity index (χ1) is 53.4. The number of carbonyl (C=O) groups is 24. The highest BCUT2D eigenvalue weighted by atomic mass is 16.6. The molecule has 50 nitrogen and oxygen atoms in total. The highest BCUT2D eigenvalue weighted by Crippen LogP contribution is 2.10. The van der Waals surface area contributed by atoms with Gasteiger partial charge in [-0.2, -0.15) is 0 Å². The molecule has 0 radical (unpaired) electrons. The van der Waals surface area contributed by atoms with E-state index in [0.717, 1.165) is 4.90 Å². The van der Waals surface area contributed by atoms with Crippen LogP contribution in [0.5, 0.6) is 0 Å². The highest BCUT2D eigenvalue weighted by molar-refractivity contribution is 5.82. The first-order valence-electron chi connectivity index (χ1n) is 33.4. The summed E-state index contributed by atoms with van der Waals surface area (Å²) in [4.78, 5) is 265. The largest absolute Gasteiger partial charge is 0.481 e. The quantitative estimate of drug-likeness (QED) is 0.0183. The van der Waals surface area contributed by atoms with E-state index < -0.39 is 285 Å². The van der Waals surface area contributed by atoms with Crippen molar-refractivity contribution in [1.82, 2.24) is 9.80 Å². The summed E-state index contributed by atoms with van der Waals surface area (Å²) in [5.41, 5.74) is 0. The van der Waals surface area contributed by atoms with E-state index in [-0.39, 0.29) is 117 Å². The lowest BCUT2D eigenvalue weighted by atomic mass is 10.2. The number of nitrogens with zero attached hydrogens (tertiary/aromatic N) is 2. The van der Waals surface area contributed by atoms with Crippen molar-refractivity contribution in [3.8, 4) is 0 Å². The number of carboxylic acid groups (broad SMARTS) is 12. The van der Waals surface area contributed by atoms with Crippen LogP contribution in [-0.2, 0) is 172 Å². The zero-order valence-electron chi connectivity index (χ0n) is 61.0. The molecule has 0 aromatic carbocycles. The first kappa shape index (κ1) is 108. The van der Waals surface area contributed by atoms with Crippen molar-refractivity contribution in [2.24, 2.45) is 5.92 Å². The predicted octanol–water partition coefficient (Wildman–Crippen LogP) is -1.70. The topological polar surface area (TPSA) is 770 Å². The molecular weight excluding hydrogens is 1560 g/mol. The molecule has 0 unspecified atom stereocenters. The molecule has 0 amide bonds. The van der Waals surface area contributed by atoms with E-state index >= 15 is 0 Å². The van der Waals surface area contributed by atoms with E-state index in [2.05, 4.69) is 0 Å². The van der Waals surface area contributed by atoms with Gasteiger partial charge in [-0.3, -0.25) is 120 Å². The SMILES string of the molecule is O=C(O)CCC(=O)OCC(COC(=O)CCC(=O)O)COC(=O)CCC(=O)O.O=C(O)CCC(=O)OCC(COC(=O)CCC(=O)O)OC(=O)CCC(=O)O.O=C(O)CCC(=O)OCCN(CCOC(=O)CCC(=O)O)CCOC(=O)CCC(=O)O.O=C(O)CCC(=O)OCN(COC(=O)CCC(=O)O)COC(=O)CCC(=O)O. The lowest BCUT2D eigenvalue weighted by Gasteiger charge is -2.21. The number of hydrogen-bond donors (Lipinski definition) is 12. The number of carbonyl (C=O) groups excluding carboxylic acids is 12. The van der Waals surface area contributed by atoms with Gasteiger partial charge in [0.1, 0.15) is 73.0 Å². The van der Waals surface area contributed by atoms with Gasteiger partial charge in [-0.05, 0) is 0 Å². The van der Waals surface area contributed by atoms with Crippen LogP contribution >= 0.6 is 0 Å². The third kappa shape index (κ3) is 80.2. The van der Waals surface area contributed by atoms with Crippen molar-refractivity contribution in [3.05, 3.63) is 0 Å². The number of carboxylic acids is 12. The first-order valence-corrected chi connectivity index (χ1v) is 33.4. The van der Waals surface area contributed by atoms with Crippen LogP contribution in [-0.4, -0.2) is 313 Å². The Morgan fingerprint density at radius 3 is 0.526 bits per heavy atom. The van der Waals surface area contributed by atoms with Crippen molar-refractivity contribution in [3.63, 3.8) is 0 Å². The Morgan fingerprint density at radius 1 is 0.184 bits per heavy atom. The minimum atomic E-state index is -1.26. The second-order valence-corrected chi connectivity index (χ2v) is 22.2. The van der Waals surface area contributed by atoms with Crippen molar-refractivity contribution in [2.75, 3.05) is 92.7 Å². The third-order valence-corrected chi connectivity index (χ3v) is 12.4. The summed E-state index contributed by atoms with van der Waals surface area (Å²) in [6, 6.07) is 0. The molecule has 0 aliphatic rings. The molecule has 0 fully saturated rings. The van der Waals surface area contributed by atoms with Crippen LogP contribution < -0.4 is 0 Å². The van der Waals surface area contributed by atoms with Crippen LogP contribution in [0.25, 0.3) is 0 Å². The predicted molar refractivity (Wildman–Crippen MR) is 355 cm³/mol. The maximum atomic E-state index is 11.6. The summed E-state index contributed by atoms with van der Waals surface area (Å²) in [5, 5.41) is 102. The summed E-state index contributed by atoms with van der Waals surface area (Å²) in [6.45, 7) is -3.47. The van der Waals surface area contributed by atoms with E-state index in [4.69, 9.17) is 118 Å². The van der Waals surface area contributed by atoms with Crippen LogP contribution in [0.4, 0.5) is 0 Å². The number of ether oxygens (including phenoxy) is 12. The molecular formula is C64H90N2O48. The van der Waals surface area contributed by atoms with Gasteiger partial charge < -0.3 is 118 Å². The van der Waals surface area contributed by atoms with E-state index in [1.807, 2.05) is 0 Å². The molecule has 12 N–H and O–H groups in total. The molecule has 50 heteroatoms. The fraction of sp³-hybridized carbons (Fsp3) is 0.625. The van der Waals surface area contributed by atoms with Gasteiger partial charge in [-0.25, -0.2) is 4.90 Å². The molecule has 0 aromatic rings. The molecule has 0 aliphatic carbocycles. The van der Waals surface area contributed by atoms with Gasteiger partial charge in [-0.15, -0.1) is 0 Å². The Balaban J connectivity index is -0.000000709. The van der Waals surface area contributed by atoms with Crippen LogP contribution in [0.3, 0.4) is 0 Å². The zero-order valence-corrected chi connectivity index (χ0v) is 61.0. The van der Waals surface area contributed by atoms with E-state index in [1.165, 1.54) is 0 Å². The van der Waals surface area contributed by atoms with E-state index in [0.29, 0.717) is 0 Å². The molecule has 114 heavy (non-hydrogen) atoms. The maximum Gasteiger partial charge on any atom is 0.307 e. The van der Waals surface area contributed by atoms with E-state index in [9.17, 15) is 115 Å². The van der Waals surface area contributed by atoms with Crippen LogP contribution in [0.2, 0.25) is 0 Å². The number of esters is 12. The summed E-state index contributed by atoms with van der Waals surface area (Å²) in [7, 11) is 0. The highest BCUT2D eigenvalue weighted by Gasteiger charge is 2.24. The minimum Gasteiger partial charge on any atom is -0.481 e. The summed E-state index contributed by atoms with van der Waals surface area (Å²) in [6.07, 6.45) is -10.9. The number of hydrogen-bond acceptors (Lipinski definition) is 38. The molecule has 0 saturated carbocycles. The smallest absolute Gasteiger partial charge is 0.307 e. The Bertz CT molecular complexity index is 2810. The normalized spacial score (nSPS) is 10.2. The Morgan fingerprint density at radius 2 is 0.342 bits per heavy atom. The molecule has 0 bridgehead atoms. The molecule has 0 heterocycles. The number of aliphatic carboxylic acids is 12. The summed E-state index contributed by atoms with van der Waals surface area (Å²) in [5.74, 6) is -24.8. The fourth-order valence-electron chi connectivity index (χ4n) is 6.61. The minimum absolute atomic E-state index is 0.0849. The van der Waals surface area contributed by atoms with Gasteiger partial charge in [0.15, 0.2) is 6.10 Å². The molecule has 0 aliphatic heterocycles. The standard InChI is InChI=1S/C18H27NO12.C16H22O12.C15H21NO12.C15H20O12/c20-13(21)1-4-16(26)29-10-7-19(8-11-30-17(27)5-2-14(22)23)9-12-31-18(28)6-3-15(24)25;17-11(18)1-4-14(23)26-7-10(8-27-15(24)5-2-12(19)20)9-28-16(25)6-3-13(21)22;17-10(18)1-4-13(23)26-7-16(8-27-14(24)5-2-11(19)20)9-28-15(25)6-3-12(21)22;16-10(17)1-4-13(22)25-7-9(27-15(24)6-3-12(20)21)8-26-14(23)5-2-11(18)19/h1-12H2,(H,20,21)(H,22,23)(H,24,25);10H,1-9H2,(H,17,18)(H,19,20)(H,21,22);1-9H2,(H,17,18)(H,19,20)(H,21,22);9H,1-8H2,(H,16,17)(H,18,19)(H,20,21). The van der Waals surface area contributed by atoms with Gasteiger partial charge in [0.25, 0.3) is 0 Å². The van der Waals surface area contributed by atoms with Crippen molar-refractivity contribution >= 4 is 143 Å². The lowest BCUT2D eigenvalue weighted by Crippen LogP contribution is -2.35. The molecule has 0 aromatic heterocycles. The zero-order chi connectivity index (χ0) is 87.5. The van der Waals surface area contributed by atoms with Crippen LogP contribution in [0.1, 0.15) is 154 Å². The van der Waals surface area contributed by atoms with Crippen LogP contribution in [0.15, 0.2) is 0 Å². The third-order valence-electron chi connectivity index (χ3n) is 12.4. The summed E-state index contributed by atoms with van der Waals surface area (Å²) >= 11 is 0. The Labute approximate surface area is 643 Å². The van der Waals surface area contributed by atoms with Gasteiger partial charge in [0.2, 0.25) is 0 Å². The summed E-state index contributed by atoms with van der Waals surface area (Å²) < 4.78 is 57.9. The van der Waals surface area contributed by atoms with Gasteiger partial charge >= 0.3 is 143 Å². The van der Waals surface area contributed by atoms with Crippen molar-refractivity contribution < 1.29 is 233 Å². The van der Waals surface area contributed by atoms with Gasteiger partial charge in [0, 0.05) is 19.6 Å². The lowest BCUT2D eigenvalue weighted by molar-refractivity contribution is -0.170. The Hall–Kier alpha value is -12.8. The van der Waals surface area contributed by atoms with Crippen LogP contribution in [0, 0.1) is 5.92 Å². The van der Waals surface area contributed by atoms with Crippen molar-refractivity contribution in [1.29, 1.82) is 0 Å². The van der Waals surface area contributed by atoms with Gasteiger partial charge in [0.05, 0.1) is 160 Å². The average Bonchev–Trinajstić information content (AvgIpc) is 0.462. The molecule has 0 saturated heterocycles. The monoisotopic (exact) mass is 1650 g/mol. The number of rotatable bonds is 62. The fourth-order valence-corrected chi connectivity index (χ4v) is 6.61. The average molecular weight is 1660 g/mol. The van der Waals surface area contributed by atoms with Gasteiger partial charge in [-0.1, -0.05) is 0 Å². The molecule has 0 rings (SSSR count). The van der Waals surface area contributed by atoms with E-state index in [1.54, 1.807) is 4.90 Å². The Kier molecular flexibility index (Phi) is 63.3. The molecule has 0 atom stereocenters. The molecule has 0 spiro atoms. The maximum absolute atomic E-state index is 11.6. The second kappa shape index (κ2) is 67.1. The second-order valence-electron chi connectivity index (χ2n) is 22.2.